The van der Waals surface area contributed by atoms with Crippen LogP contribution in [0.25, 0.3) is 0 Å². The summed E-state index contributed by atoms with van der Waals surface area (Å²) in [6.45, 7) is 7.31. The molecule has 0 radical (unpaired) electrons. The van der Waals surface area contributed by atoms with Crippen LogP contribution in [0.2, 0.25) is 0 Å². The molecule has 1 aromatic carbocycles. The third-order valence-corrected chi connectivity index (χ3v) is 3.33. The molecule has 24 heavy (non-hydrogen) atoms. The largest absolute Gasteiger partial charge is 0.494 e. The average Bonchev–Trinajstić information content (AvgIpc) is 2.52. The van der Waals surface area contributed by atoms with Crippen LogP contribution in [0, 0.1) is 5.92 Å². The summed E-state index contributed by atoms with van der Waals surface area (Å²) in [5, 5.41) is 2.62. The van der Waals surface area contributed by atoms with E-state index in [1.54, 1.807) is 38.1 Å². The van der Waals surface area contributed by atoms with Gasteiger partial charge < -0.3 is 20.5 Å². The zero-order valence-electron chi connectivity index (χ0n) is 14.4. The summed E-state index contributed by atoms with van der Waals surface area (Å²) in [5.41, 5.74) is 5.46. The van der Waals surface area contributed by atoms with Crippen molar-refractivity contribution in [3.05, 3.63) is 29.8 Å². The van der Waals surface area contributed by atoms with E-state index >= 15 is 0 Å². The van der Waals surface area contributed by atoms with Crippen LogP contribution in [0.1, 0.15) is 38.1 Å². The fourth-order valence-electron chi connectivity index (χ4n) is 1.90. The van der Waals surface area contributed by atoms with Gasteiger partial charge in [-0.05, 0) is 44.0 Å². The minimum atomic E-state index is -1.05. The fourth-order valence-corrected chi connectivity index (χ4v) is 1.90. The molecule has 0 spiro atoms. The summed E-state index contributed by atoms with van der Waals surface area (Å²) in [6, 6.07) is 5.68. The van der Waals surface area contributed by atoms with Crippen LogP contribution in [-0.2, 0) is 14.3 Å². The topological polar surface area (TPSA) is 108 Å². The van der Waals surface area contributed by atoms with Gasteiger partial charge in [-0.1, -0.05) is 13.8 Å². The van der Waals surface area contributed by atoms with Gasteiger partial charge >= 0.3 is 5.97 Å². The van der Waals surface area contributed by atoms with Crippen molar-refractivity contribution < 1.29 is 23.9 Å². The van der Waals surface area contributed by atoms with Crippen molar-refractivity contribution >= 4 is 17.8 Å². The number of esters is 1. The molecule has 0 fully saturated rings. The van der Waals surface area contributed by atoms with Crippen LogP contribution in [0.5, 0.6) is 5.75 Å². The number of ether oxygens (including phenoxy) is 2. The van der Waals surface area contributed by atoms with Gasteiger partial charge in [-0.25, -0.2) is 4.79 Å². The van der Waals surface area contributed by atoms with Crippen LogP contribution in [0.15, 0.2) is 24.3 Å². The van der Waals surface area contributed by atoms with Crippen molar-refractivity contribution in [1.82, 2.24) is 5.32 Å². The van der Waals surface area contributed by atoms with Crippen LogP contribution < -0.4 is 15.8 Å². The molecular weight excluding hydrogens is 312 g/mol. The fraction of sp³-hybridized carbons (Fsp3) is 0.471. The van der Waals surface area contributed by atoms with Crippen molar-refractivity contribution in [2.75, 3.05) is 6.61 Å². The number of primary amides is 1. The summed E-state index contributed by atoms with van der Waals surface area (Å²) >= 11 is 0. The molecule has 0 aromatic heterocycles. The second kappa shape index (κ2) is 8.90. The first-order valence-corrected chi connectivity index (χ1v) is 7.79. The Labute approximate surface area is 141 Å². The predicted molar refractivity (Wildman–Crippen MR) is 88.5 cm³/mol. The molecule has 3 N–H and O–H groups in total. The van der Waals surface area contributed by atoms with E-state index in [-0.39, 0.29) is 5.92 Å². The summed E-state index contributed by atoms with van der Waals surface area (Å²) in [6.07, 6.45) is -1.05. The Morgan fingerprint density at radius 1 is 1.12 bits per heavy atom. The first kappa shape index (κ1) is 19.5. The Morgan fingerprint density at radius 2 is 1.71 bits per heavy atom. The van der Waals surface area contributed by atoms with Gasteiger partial charge in [-0.15, -0.1) is 0 Å². The Bertz CT molecular complexity index is 583. The molecule has 0 saturated carbocycles. The van der Waals surface area contributed by atoms with Gasteiger partial charge in [-0.3, -0.25) is 9.59 Å². The van der Waals surface area contributed by atoms with Gasteiger partial charge in [0.1, 0.15) is 11.8 Å². The van der Waals surface area contributed by atoms with Crippen molar-refractivity contribution in [3.8, 4) is 5.75 Å². The van der Waals surface area contributed by atoms with Crippen LogP contribution in [-0.4, -0.2) is 36.5 Å². The third-order valence-electron chi connectivity index (χ3n) is 3.33. The number of benzene rings is 1. The molecule has 0 unspecified atom stereocenters. The molecule has 0 saturated heterocycles. The Morgan fingerprint density at radius 3 is 2.17 bits per heavy atom. The molecule has 1 rings (SSSR count). The minimum absolute atomic E-state index is 0.218. The monoisotopic (exact) mass is 336 g/mol. The quantitative estimate of drug-likeness (QED) is 0.695. The highest BCUT2D eigenvalue weighted by Gasteiger charge is 2.28. The number of amides is 2. The molecule has 0 aliphatic carbocycles. The number of hydrogen-bond donors (Lipinski definition) is 2. The van der Waals surface area contributed by atoms with E-state index in [0.29, 0.717) is 17.9 Å². The molecular formula is C17H24N2O5. The Balaban J connectivity index is 2.78. The molecule has 0 aliphatic heterocycles. The SMILES string of the molecule is CCOc1ccc(C(=O)N[C@H](C(=O)O[C@H](C)C(N)=O)C(C)C)cc1. The second-order valence-corrected chi connectivity index (χ2v) is 5.63. The first-order valence-electron chi connectivity index (χ1n) is 7.79. The zero-order valence-corrected chi connectivity index (χ0v) is 14.4. The van der Waals surface area contributed by atoms with E-state index in [1.807, 2.05) is 6.92 Å². The first-order chi connectivity index (χ1) is 11.3. The second-order valence-electron chi connectivity index (χ2n) is 5.63. The van der Waals surface area contributed by atoms with Gasteiger partial charge in [0.2, 0.25) is 0 Å². The number of nitrogens with one attached hydrogen (secondary N) is 1. The smallest absolute Gasteiger partial charge is 0.329 e. The molecule has 2 atom stereocenters. The van der Waals surface area contributed by atoms with E-state index in [2.05, 4.69) is 5.32 Å². The summed E-state index contributed by atoms with van der Waals surface area (Å²) in [5.74, 6) is -1.42. The molecule has 2 amide bonds. The van der Waals surface area contributed by atoms with E-state index < -0.39 is 29.9 Å². The number of hydrogen-bond acceptors (Lipinski definition) is 5. The van der Waals surface area contributed by atoms with E-state index in [9.17, 15) is 14.4 Å². The number of rotatable bonds is 8. The van der Waals surface area contributed by atoms with E-state index in [1.165, 1.54) is 6.92 Å². The molecule has 7 nitrogen and oxygen atoms in total. The van der Waals surface area contributed by atoms with E-state index in [4.69, 9.17) is 15.2 Å². The maximum Gasteiger partial charge on any atom is 0.329 e. The van der Waals surface area contributed by atoms with Gasteiger partial charge in [0.25, 0.3) is 11.8 Å². The lowest BCUT2D eigenvalue weighted by molar-refractivity contribution is -0.156. The maximum absolute atomic E-state index is 12.3. The van der Waals surface area contributed by atoms with Gasteiger partial charge in [0.05, 0.1) is 6.61 Å². The van der Waals surface area contributed by atoms with Crippen molar-refractivity contribution in [2.24, 2.45) is 11.7 Å². The van der Waals surface area contributed by atoms with Gasteiger partial charge in [-0.2, -0.15) is 0 Å². The Kier molecular flexibility index (Phi) is 7.23. The maximum atomic E-state index is 12.3. The average molecular weight is 336 g/mol. The third kappa shape index (κ3) is 5.57. The van der Waals surface area contributed by atoms with Crippen LogP contribution in [0.4, 0.5) is 0 Å². The lowest BCUT2D eigenvalue weighted by Crippen LogP contribution is -2.47. The number of carbonyl (C=O) groups is 3. The number of carbonyl (C=O) groups excluding carboxylic acids is 3. The summed E-state index contributed by atoms with van der Waals surface area (Å²) in [7, 11) is 0. The van der Waals surface area contributed by atoms with Crippen molar-refractivity contribution in [1.29, 1.82) is 0 Å². The minimum Gasteiger partial charge on any atom is -0.494 e. The number of nitrogens with two attached hydrogens (primary N) is 1. The predicted octanol–water partition coefficient (Wildman–Crippen LogP) is 1.26. The summed E-state index contributed by atoms with van der Waals surface area (Å²) < 4.78 is 10.3. The molecule has 0 heterocycles. The van der Waals surface area contributed by atoms with Crippen molar-refractivity contribution in [3.63, 3.8) is 0 Å². The normalized spacial score (nSPS) is 13.0. The molecule has 0 aliphatic rings. The highest BCUT2D eigenvalue weighted by atomic mass is 16.5. The van der Waals surface area contributed by atoms with Crippen LogP contribution >= 0.6 is 0 Å². The van der Waals surface area contributed by atoms with Gasteiger partial charge in [0.15, 0.2) is 6.10 Å². The lowest BCUT2D eigenvalue weighted by atomic mass is 10.0. The molecule has 7 heteroatoms. The zero-order chi connectivity index (χ0) is 18.3. The Hall–Kier alpha value is -2.57. The standard InChI is InChI=1S/C17H24N2O5/c1-5-23-13-8-6-12(7-9-13)16(21)19-14(10(2)3)17(22)24-11(4)15(18)20/h6-11,14H,5H2,1-4H3,(H2,18,20)(H,19,21)/t11-,14+/m1/s1. The lowest BCUT2D eigenvalue weighted by Gasteiger charge is -2.22. The highest BCUT2D eigenvalue weighted by molar-refractivity contribution is 5.97. The van der Waals surface area contributed by atoms with Crippen molar-refractivity contribution in [2.45, 2.75) is 39.8 Å². The van der Waals surface area contributed by atoms with E-state index in [0.717, 1.165) is 0 Å². The highest BCUT2D eigenvalue weighted by Crippen LogP contribution is 2.13. The molecule has 0 bridgehead atoms. The molecule has 132 valence electrons. The van der Waals surface area contributed by atoms with Crippen LogP contribution in [0.3, 0.4) is 0 Å². The summed E-state index contributed by atoms with van der Waals surface area (Å²) in [4.78, 5) is 35.4. The van der Waals surface area contributed by atoms with Gasteiger partial charge in [0, 0.05) is 5.56 Å². The molecule has 1 aromatic rings.